The van der Waals surface area contributed by atoms with E-state index in [2.05, 4.69) is 10.1 Å². The fraction of sp³-hybridized carbons (Fsp3) is 0.316. The largest absolute Gasteiger partial charge is 0.493 e. The zero-order valence-corrected chi connectivity index (χ0v) is 16.0. The molecule has 0 aromatic heterocycles. The van der Waals surface area contributed by atoms with E-state index < -0.39 is 12.8 Å². The molecule has 0 aliphatic heterocycles. The van der Waals surface area contributed by atoms with Gasteiger partial charge < -0.3 is 19.5 Å². The molecule has 152 valence electrons. The molecule has 0 radical (unpaired) electrons. The minimum atomic E-state index is -4.35. The summed E-state index contributed by atoms with van der Waals surface area (Å²) < 4.78 is 51.1. The van der Waals surface area contributed by atoms with E-state index in [1.807, 2.05) is 0 Å². The zero-order valence-electron chi connectivity index (χ0n) is 15.2. The zero-order chi connectivity index (χ0) is 20.7. The lowest BCUT2D eigenvalue weighted by atomic mass is 10.1. The summed E-state index contributed by atoms with van der Waals surface area (Å²) in [6.45, 7) is -1.20. The Morgan fingerprint density at radius 3 is 2.29 bits per heavy atom. The maximum Gasteiger partial charge on any atom is 0.411 e. The second-order valence-corrected chi connectivity index (χ2v) is 6.21. The predicted molar refractivity (Wildman–Crippen MR) is 97.9 cm³/mol. The molecule has 28 heavy (non-hydrogen) atoms. The Balaban J connectivity index is 1.93. The average molecular weight is 418 g/mol. The van der Waals surface area contributed by atoms with Crippen LogP contribution in [0.15, 0.2) is 36.4 Å². The van der Waals surface area contributed by atoms with E-state index in [4.69, 9.17) is 21.1 Å². The van der Waals surface area contributed by atoms with Gasteiger partial charge in [-0.3, -0.25) is 4.79 Å². The number of carbonyl (C=O) groups excluding carboxylic acids is 1. The van der Waals surface area contributed by atoms with E-state index in [9.17, 15) is 18.0 Å². The molecule has 0 heterocycles. The monoisotopic (exact) mass is 417 g/mol. The van der Waals surface area contributed by atoms with Crippen molar-refractivity contribution in [3.05, 3.63) is 58.1 Å². The van der Waals surface area contributed by atoms with Crippen LogP contribution in [0.2, 0.25) is 5.02 Å². The van der Waals surface area contributed by atoms with Crippen LogP contribution in [0.5, 0.6) is 11.5 Å². The summed E-state index contributed by atoms with van der Waals surface area (Å²) in [4.78, 5) is 12.3. The highest BCUT2D eigenvalue weighted by Gasteiger charge is 2.27. The van der Waals surface area contributed by atoms with Gasteiger partial charge in [0.15, 0.2) is 11.5 Å². The number of hydrogen-bond donors (Lipinski definition) is 1. The Labute approximate surface area is 165 Å². The number of carbonyl (C=O) groups is 1. The van der Waals surface area contributed by atoms with Crippen LogP contribution in [0.4, 0.5) is 13.2 Å². The number of hydrogen-bond acceptors (Lipinski definition) is 4. The van der Waals surface area contributed by atoms with Crippen molar-refractivity contribution in [2.24, 2.45) is 0 Å². The molecule has 1 N–H and O–H groups in total. The van der Waals surface area contributed by atoms with E-state index in [-0.39, 0.29) is 24.1 Å². The Kier molecular flexibility index (Phi) is 7.53. The SMILES string of the molecule is COc1cc(C(=O)NCc2ccc(COCC(F)(F)F)cc2)cc(Cl)c1OC. The maximum atomic E-state index is 12.3. The number of methoxy groups -OCH3 is 2. The average Bonchev–Trinajstić information content (AvgIpc) is 2.65. The first-order valence-corrected chi connectivity index (χ1v) is 8.53. The Morgan fingerprint density at radius 1 is 1.07 bits per heavy atom. The fourth-order valence-electron chi connectivity index (χ4n) is 2.37. The Morgan fingerprint density at radius 2 is 1.71 bits per heavy atom. The lowest BCUT2D eigenvalue weighted by molar-refractivity contribution is -0.176. The normalized spacial score (nSPS) is 11.2. The van der Waals surface area contributed by atoms with Crippen molar-refractivity contribution in [1.29, 1.82) is 0 Å². The Hall–Kier alpha value is -2.45. The van der Waals surface area contributed by atoms with Gasteiger partial charge in [0.05, 0.1) is 25.8 Å². The highest BCUT2D eigenvalue weighted by atomic mass is 35.5. The van der Waals surface area contributed by atoms with Crippen molar-refractivity contribution in [3.63, 3.8) is 0 Å². The standard InChI is InChI=1S/C19H19ClF3NO4/c1-26-16-8-14(7-15(20)17(16)27-2)18(25)24-9-12-3-5-13(6-4-12)10-28-11-19(21,22)23/h3-8H,9-11H2,1-2H3,(H,24,25). The second kappa shape index (κ2) is 9.66. The molecule has 2 aromatic rings. The number of halogens is 4. The first-order chi connectivity index (χ1) is 13.2. The molecular weight excluding hydrogens is 399 g/mol. The third-order valence-corrected chi connectivity index (χ3v) is 3.99. The van der Waals surface area contributed by atoms with Crippen molar-refractivity contribution in [2.45, 2.75) is 19.3 Å². The molecule has 0 fully saturated rings. The predicted octanol–water partition coefficient (Wildman–Crippen LogP) is 4.37. The summed E-state index contributed by atoms with van der Waals surface area (Å²) in [5, 5.41) is 2.99. The molecular formula is C19H19ClF3NO4. The van der Waals surface area contributed by atoms with Crippen LogP contribution in [0.25, 0.3) is 0 Å². The van der Waals surface area contributed by atoms with Gasteiger partial charge in [0.25, 0.3) is 5.91 Å². The van der Waals surface area contributed by atoms with Crippen molar-refractivity contribution in [2.75, 3.05) is 20.8 Å². The molecule has 0 bridgehead atoms. The molecule has 0 aliphatic rings. The van der Waals surface area contributed by atoms with Crippen LogP contribution in [-0.4, -0.2) is 32.9 Å². The van der Waals surface area contributed by atoms with Gasteiger partial charge in [0.2, 0.25) is 0 Å². The molecule has 2 aromatic carbocycles. The van der Waals surface area contributed by atoms with Crippen molar-refractivity contribution in [1.82, 2.24) is 5.32 Å². The number of amides is 1. The van der Waals surface area contributed by atoms with Gasteiger partial charge in [-0.1, -0.05) is 35.9 Å². The number of rotatable bonds is 8. The van der Waals surface area contributed by atoms with Gasteiger partial charge in [-0.25, -0.2) is 0 Å². The Bertz CT molecular complexity index is 810. The molecule has 0 aliphatic carbocycles. The van der Waals surface area contributed by atoms with E-state index in [0.29, 0.717) is 22.6 Å². The summed E-state index contributed by atoms with van der Waals surface area (Å²) in [6, 6.07) is 9.68. The van der Waals surface area contributed by atoms with E-state index in [0.717, 1.165) is 5.56 Å². The third-order valence-electron chi connectivity index (χ3n) is 3.71. The summed E-state index contributed by atoms with van der Waals surface area (Å²) in [6.07, 6.45) is -4.35. The van der Waals surface area contributed by atoms with E-state index in [1.165, 1.54) is 26.4 Å². The van der Waals surface area contributed by atoms with E-state index in [1.54, 1.807) is 24.3 Å². The molecule has 5 nitrogen and oxygen atoms in total. The van der Waals surface area contributed by atoms with Crippen molar-refractivity contribution < 1.29 is 32.2 Å². The van der Waals surface area contributed by atoms with Gasteiger partial charge in [-0.2, -0.15) is 13.2 Å². The first-order valence-electron chi connectivity index (χ1n) is 8.15. The highest BCUT2D eigenvalue weighted by molar-refractivity contribution is 6.32. The molecule has 0 saturated carbocycles. The number of ether oxygens (including phenoxy) is 3. The summed E-state index contributed by atoms with van der Waals surface area (Å²) in [5.41, 5.74) is 1.69. The molecule has 0 atom stereocenters. The van der Waals surface area contributed by atoms with Gasteiger partial charge in [-0.15, -0.1) is 0 Å². The van der Waals surface area contributed by atoms with Crippen molar-refractivity contribution in [3.8, 4) is 11.5 Å². The van der Waals surface area contributed by atoms with Crippen LogP contribution in [0.1, 0.15) is 21.5 Å². The molecule has 2 rings (SSSR count). The molecule has 1 amide bonds. The molecule has 9 heteroatoms. The van der Waals surface area contributed by atoms with E-state index >= 15 is 0 Å². The number of nitrogens with one attached hydrogen (secondary N) is 1. The summed E-state index contributed by atoms with van der Waals surface area (Å²) in [5.74, 6) is 0.313. The van der Waals surface area contributed by atoms with Crippen LogP contribution in [0, 0.1) is 0 Å². The summed E-state index contributed by atoms with van der Waals surface area (Å²) >= 11 is 6.09. The smallest absolute Gasteiger partial charge is 0.411 e. The van der Waals surface area contributed by atoms with Gasteiger partial charge in [-0.05, 0) is 23.3 Å². The minimum Gasteiger partial charge on any atom is -0.493 e. The molecule has 0 spiro atoms. The second-order valence-electron chi connectivity index (χ2n) is 5.80. The third kappa shape index (κ3) is 6.31. The first kappa shape index (κ1) is 21.8. The number of alkyl halides is 3. The van der Waals surface area contributed by atoms with Gasteiger partial charge >= 0.3 is 6.18 Å². The minimum absolute atomic E-state index is 0.143. The van der Waals surface area contributed by atoms with Crippen LogP contribution in [0.3, 0.4) is 0 Å². The highest BCUT2D eigenvalue weighted by Crippen LogP contribution is 2.35. The van der Waals surface area contributed by atoms with Gasteiger partial charge in [0.1, 0.15) is 6.61 Å². The number of benzene rings is 2. The molecule has 0 saturated heterocycles. The lowest BCUT2D eigenvalue weighted by Crippen LogP contribution is -2.23. The maximum absolute atomic E-state index is 12.3. The summed E-state index contributed by atoms with van der Waals surface area (Å²) in [7, 11) is 2.89. The topological polar surface area (TPSA) is 56.8 Å². The van der Waals surface area contributed by atoms with Crippen LogP contribution in [-0.2, 0) is 17.9 Å². The molecule has 0 unspecified atom stereocenters. The fourth-order valence-corrected chi connectivity index (χ4v) is 2.66. The van der Waals surface area contributed by atoms with Crippen LogP contribution >= 0.6 is 11.6 Å². The quantitative estimate of drug-likeness (QED) is 0.693. The van der Waals surface area contributed by atoms with Crippen LogP contribution < -0.4 is 14.8 Å². The van der Waals surface area contributed by atoms with Gasteiger partial charge in [0, 0.05) is 12.1 Å². The van der Waals surface area contributed by atoms with Crippen molar-refractivity contribution >= 4 is 17.5 Å². The lowest BCUT2D eigenvalue weighted by Gasteiger charge is -2.12.